The minimum atomic E-state index is 0.129. The van der Waals surface area contributed by atoms with Gasteiger partial charge in [-0.2, -0.15) is 5.10 Å². The second-order valence-corrected chi connectivity index (χ2v) is 3.45. The van der Waals surface area contributed by atoms with E-state index in [0.717, 1.165) is 16.9 Å². The number of nitrogens with zero attached hydrogens (tertiary/aromatic N) is 1. The molecule has 0 saturated carbocycles. The molecule has 0 aliphatic rings. The first-order chi connectivity index (χ1) is 7.67. The average Bonchev–Trinajstić information content (AvgIpc) is 2.28. The molecular weight excluding hydrogens is 224 g/mol. The Bertz CT molecular complexity index is 406. The largest absolute Gasteiger partial charge is 0.496 e. The SMILES string of the molecule is COc1ccc(C=NNC(N)=S)cc1CN. The Labute approximate surface area is 99.5 Å². The van der Waals surface area contributed by atoms with Crippen molar-refractivity contribution in [1.29, 1.82) is 0 Å². The molecule has 0 spiro atoms. The van der Waals surface area contributed by atoms with Crippen molar-refractivity contribution in [3.63, 3.8) is 0 Å². The first-order valence-corrected chi connectivity index (χ1v) is 5.03. The molecule has 16 heavy (non-hydrogen) atoms. The summed E-state index contributed by atoms with van der Waals surface area (Å²) < 4.78 is 5.15. The van der Waals surface area contributed by atoms with E-state index in [4.69, 9.17) is 16.2 Å². The van der Waals surface area contributed by atoms with Gasteiger partial charge in [-0.05, 0) is 36.0 Å². The molecule has 86 valence electrons. The van der Waals surface area contributed by atoms with Gasteiger partial charge in [-0.1, -0.05) is 0 Å². The summed E-state index contributed by atoms with van der Waals surface area (Å²) in [7, 11) is 1.61. The lowest BCUT2D eigenvalue weighted by atomic mass is 10.1. The Balaban J connectivity index is 2.82. The minimum absolute atomic E-state index is 0.129. The van der Waals surface area contributed by atoms with Gasteiger partial charge in [0.1, 0.15) is 5.75 Å². The summed E-state index contributed by atoms with van der Waals surface area (Å²) >= 11 is 4.61. The van der Waals surface area contributed by atoms with Gasteiger partial charge in [0, 0.05) is 12.1 Å². The van der Waals surface area contributed by atoms with Crippen LogP contribution in [0.25, 0.3) is 0 Å². The number of hydrogen-bond donors (Lipinski definition) is 3. The third-order valence-corrected chi connectivity index (χ3v) is 2.00. The maximum atomic E-state index is 5.59. The van der Waals surface area contributed by atoms with Crippen LogP contribution in [0.3, 0.4) is 0 Å². The van der Waals surface area contributed by atoms with Gasteiger partial charge in [0.2, 0.25) is 0 Å². The normalized spacial score (nSPS) is 10.4. The average molecular weight is 238 g/mol. The molecule has 0 aliphatic heterocycles. The van der Waals surface area contributed by atoms with Crippen LogP contribution in [0.1, 0.15) is 11.1 Å². The molecule has 1 aromatic rings. The Kier molecular flexibility index (Phi) is 4.68. The molecule has 0 unspecified atom stereocenters. The van der Waals surface area contributed by atoms with Gasteiger partial charge in [0.25, 0.3) is 0 Å². The van der Waals surface area contributed by atoms with Gasteiger partial charge < -0.3 is 16.2 Å². The maximum absolute atomic E-state index is 5.59. The fraction of sp³-hybridized carbons (Fsp3) is 0.200. The molecule has 0 fully saturated rings. The van der Waals surface area contributed by atoms with E-state index >= 15 is 0 Å². The number of hydrazone groups is 1. The van der Waals surface area contributed by atoms with Crippen molar-refractivity contribution in [2.24, 2.45) is 16.6 Å². The first kappa shape index (κ1) is 12.4. The topological polar surface area (TPSA) is 85.7 Å². The quantitative estimate of drug-likeness (QED) is 0.399. The molecule has 1 rings (SSSR count). The van der Waals surface area contributed by atoms with Crippen LogP contribution in [0.15, 0.2) is 23.3 Å². The molecule has 0 aromatic heterocycles. The minimum Gasteiger partial charge on any atom is -0.496 e. The highest BCUT2D eigenvalue weighted by Crippen LogP contribution is 2.18. The van der Waals surface area contributed by atoms with Crippen LogP contribution in [0.2, 0.25) is 0 Å². The fourth-order valence-corrected chi connectivity index (χ4v) is 1.26. The van der Waals surface area contributed by atoms with Crippen molar-refractivity contribution in [2.75, 3.05) is 7.11 Å². The van der Waals surface area contributed by atoms with E-state index in [1.165, 1.54) is 0 Å². The van der Waals surface area contributed by atoms with Gasteiger partial charge in [-0.25, -0.2) is 0 Å². The lowest BCUT2D eigenvalue weighted by Gasteiger charge is -2.06. The molecule has 5 N–H and O–H groups in total. The van der Waals surface area contributed by atoms with Gasteiger partial charge >= 0.3 is 0 Å². The number of nitrogens with one attached hydrogen (secondary N) is 1. The molecule has 6 heteroatoms. The van der Waals surface area contributed by atoms with Crippen molar-refractivity contribution < 1.29 is 4.74 Å². The second kappa shape index (κ2) is 6.04. The Morgan fingerprint density at radius 2 is 2.38 bits per heavy atom. The third kappa shape index (κ3) is 3.48. The fourth-order valence-electron chi connectivity index (χ4n) is 1.21. The molecule has 0 radical (unpaired) electrons. The summed E-state index contributed by atoms with van der Waals surface area (Å²) in [4.78, 5) is 0. The molecule has 0 aliphatic carbocycles. The van der Waals surface area contributed by atoms with E-state index in [2.05, 4.69) is 22.7 Å². The van der Waals surface area contributed by atoms with Crippen LogP contribution in [-0.4, -0.2) is 18.4 Å². The van der Waals surface area contributed by atoms with Crippen molar-refractivity contribution in [1.82, 2.24) is 5.43 Å². The van der Waals surface area contributed by atoms with E-state index < -0.39 is 0 Å². The van der Waals surface area contributed by atoms with Crippen LogP contribution in [0.4, 0.5) is 0 Å². The number of methoxy groups -OCH3 is 1. The maximum Gasteiger partial charge on any atom is 0.184 e. The van der Waals surface area contributed by atoms with Crippen LogP contribution in [-0.2, 0) is 6.54 Å². The van der Waals surface area contributed by atoms with Gasteiger partial charge in [0.05, 0.1) is 13.3 Å². The zero-order valence-corrected chi connectivity index (χ0v) is 9.75. The van der Waals surface area contributed by atoms with Crippen molar-refractivity contribution in [3.05, 3.63) is 29.3 Å². The molecule has 0 atom stereocenters. The Hall–Kier alpha value is -1.66. The zero-order chi connectivity index (χ0) is 12.0. The molecule has 0 bridgehead atoms. The highest BCUT2D eigenvalue weighted by Gasteiger charge is 2.01. The van der Waals surface area contributed by atoms with Crippen molar-refractivity contribution in [3.8, 4) is 5.75 Å². The van der Waals surface area contributed by atoms with Gasteiger partial charge in [0.15, 0.2) is 5.11 Å². The standard InChI is InChI=1S/C10H14N4OS/c1-15-9-3-2-7(4-8(9)5-11)6-13-14-10(12)16/h2-4,6H,5,11H2,1H3,(H3,12,14,16). The summed E-state index contributed by atoms with van der Waals surface area (Å²) in [5.74, 6) is 0.766. The molecule has 0 heterocycles. The van der Waals surface area contributed by atoms with E-state index in [9.17, 15) is 0 Å². The lowest BCUT2D eigenvalue weighted by molar-refractivity contribution is 0.410. The predicted molar refractivity (Wildman–Crippen MR) is 68.4 cm³/mol. The van der Waals surface area contributed by atoms with Crippen molar-refractivity contribution >= 4 is 23.5 Å². The van der Waals surface area contributed by atoms with Crippen molar-refractivity contribution in [2.45, 2.75) is 6.54 Å². The predicted octanol–water partition coefficient (Wildman–Crippen LogP) is 0.321. The number of thiocarbonyl (C=S) groups is 1. The summed E-state index contributed by atoms with van der Waals surface area (Å²) in [5.41, 5.74) is 15.1. The Morgan fingerprint density at radius 1 is 1.62 bits per heavy atom. The highest BCUT2D eigenvalue weighted by atomic mass is 32.1. The van der Waals surface area contributed by atoms with Crippen LogP contribution in [0, 0.1) is 0 Å². The molecule has 1 aromatic carbocycles. The second-order valence-electron chi connectivity index (χ2n) is 3.01. The van der Waals surface area contributed by atoms with Crippen LogP contribution in [0.5, 0.6) is 5.75 Å². The number of rotatable bonds is 4. The van der Waals surface area contributed by atoms with Gasteiger partial charge in [-0.3, -0.25) is 5.43 Å². The van der Waals surface area contributed by atoms with Crippen LogP contribution < -0.4 is 21.6 Å². The number of benzene rings is 1. The molecular formula is C10H14N4OS. The number of ether oxygens (including phenoxy) is 1. The molecule has 0 amide bonds. The van der Waals surface area contributed by atoms with E-state index in [1.54, 1.807) is 13.3 Å². The Morgan fingerprint density at radius 3 is 2.94 bits per heavy atom. The first-order valence-electron chi connectivity index (χ1n) is 4.63. The van der Waals surface area contributed by atoms with Crippen LogP contribution >= 0.6 is 12.2 Å². The number of hydrogen-bond acceptors (Lipinski definition) is 4. The lowest BCUT2D eigenvalue weighted by Crippen LogP contribution is -2.24. The number of nitrogens with two attached hydrogens (primary N) is 2. The van der Waals surface area contributed by atoms with E-state index in [0.29, 0.717) is 6.54 Å². The zero-order valence-electron chi connectivity index (χ0n) is 8.93. The van der Waals surface area contributed by atoms with E-state index in [1.807, 2.05) is 18.2 Å². The summed E-state index contributed by atoms with van der Waals surface area (Å²) in [5, 5.41) is 3.98. The summed E-state index contributed by atoms with van der Waals surface area (Å²) in [6.07, 6.45) is 1.61. The summed E-state index contributed by atoms with van der Waals surface area (Å²) in [6, 6.07) is 5.59. The van der Waals surface area contributed by atoms with Gasteiger partial charge in [-0.15, -0.1) is 0 Å². The third-order valence-electron chi connectivity index (χ3n) is 1.91. The molecule has 0 saturated heterocycles. The monoisotopic (exact) mass is 238 g/mol. The molecule has 5 nitrogen and oxygen atoms in total. The smallest absolute Gasteiger partial charge is 0.184 e. The van der Waals surface area contributed by atoms with E-state index in [-0.39, 0.29) is 5.11 Å². The summed E-state index contributed by atoms with van der Waals surface area (Å²) in [6.45, 7) is 0.410. The highest BCUT2D eigenvalue weighted by molar-refractivity contribution is 7.80.